The average Bonchev–Trinajstić information content (AvgIpc) is 3.11. The highest BCUT2D eigenvalue weighted by molar-refractivity contribution is 7.92. The predicted molar refractivity (Wildman–Crippen MR) is 193 cm³/mol. The number of hydrogen-bond donors (Lipinski definition) is 1. The number of carbonyl (C=O) groups excluding carboxylic acids is 2. The minimum absolute atomic E-state index is 0.0184. The Bertz CT molecular complexity index is 1960. The molecule has 0 bridgehead atoms. The molecule has 0 radical (unpaired) electrons. The second kappa shape index (κ2) is 16.3. The zero-order valence-corrected chi connectivity index (χ0v) is 28.9. The number of benzene rings is 5. The van der Waals surface area contributed by atoms with Crippen molar-refractivity contribution >= 4 is 39.1 Å². The van der Waals surface area contributed by atoms with E-state index in [9.17, 15) is 18.0 Å². The molecule has 5 aromatic rings. The van der Waals surface area contributed by atoms with Crippen LogP contribution < -0.4 is 14.4 Å². The molecule has 10 heteroatoms. The van der Waals surface area contributed by atoms with Crippen LogP contribution in [0.4, 0.5) is 5.69 Å². The highest BCUT2D eigenvalue weighted by atomic mass is 35.5. The molecule has 0 saturated carbocycles. The Morgan fingerprint density at radius 3 is 2.00 bits per heavy atom. The number of rotatable bonds is 14. The SMILES string of the molecule is CCNC(=O)C(Cc1ccccc1)N(Cc1ccccc1Cl)C(=O)CN(c1ccc(Oc2ccccc2)cc1)S(=O)(=O)c1ccc(C)cc1. The summed E-state index contributed by atoms with van der Waals surface area (Å²) in [6.07, 6.45) is 0.207. The smallest absolute Gasteiger partial charge is 0.264 e. The van der Waals surface area contributed by atoms with Gasteiger partial charge in [0.05, 0.1) is 10.6 Å². The molecule has 0 saturated heterocycles. The van der Waals surface area contributed by atoms with E-state index in [1.54, 1.807) is 67.6 Å². The van der Waals surface area contributed by atoms with Gasteiger partial charge in [-0.1, -0.05) is 96.0 Å². The second-order valence-electron chi connectivity index (χ2n) is 11.4. The van der Waals surface area contributed by atoms with Gasteiger partial charge in [-0.05, 0) is 79.6 Å². The van der Waals surface area contributed by atoms with Crippen molar-refractivity contribution in [1.82, 2.24) is 10.2 Å². The fourth-order valence-corrected chi connectivity index (χ4v) is 6.94. The number of carbonyl (C=O) groups is 2. The Morgan fingerprint density at radius 1 is 0.776 bits per heavy atom. The minimum atomic E-state index is -4.25. The van der Waals surface area contributed by atoms with Crippen LogP contribution in [0, 0.1) is 6.92 Å². The lowest BCUT2D eigenvalue weighted by Crippen LogP contribution is -2.53. The number of aryl methyl sites for hydroxylation is 1. The average molecular weight is 696 g/mol. The molecule has 0 aliphatic heterocycles. The van der Waals surface area contributed by atoms with E-state index in [4.69, 9.17) is 16.3 Å². The number of halogens is 1. The maximum Gasteiger partial charge on any atom is 0.264 e. The summed E-state index contributed by atoms with van der Waals surface area (Å²) in [4.78, 5) is 29.7. The molecule has 1 N–H and O–H groups in total. The van der Waals surface area contributed by atoms with E-state index in [1.807, 2.05) is 67.6 Å². The van der Waals surface area contributed by atoms with E-state index in [1.165, 1.54) is 17.0 Å². The van der Waals surface area contributed by atoms with Crippen molar-refractivity contribution in [3.05, 3.63) is 155 Å². The third-order valence-corrected chi connectivity index (χ3v) is 10.1. The number of sulfonamides is 1. The first-order chi connectivity index (χ1) is 23.7. The van der Waals surface area contributed by atoms with Crippen molar-refractivity contribution in [3.8, 4) is 11.5 Å². The second-order valence-corrected chi connectivity index (χ2v) is 13.7. The quantitative estimate of drug-likeness (QED) is 0.131. The zero-order chi connectivity index (χ0) is 34.8. The van der Waals surface area contributed by atoms with Crippen LogP contribution in [-0.4, -0.2) is 44.3 Å². The van der Waals surface area contributed by atoms with Gasteiger partial charge < -0.3 is 15.0 Å². The third kappa shape index (κ3) is 9.07. The lowest BCUT2D eigenvalue weighted by molar-refractivity contribution is -0.140. The first kappa shape index (κ1) is 35.2. The molecule has 0 fully saturated rings. The molecule has 252 valence electrons. The summed E-state index contributed by atoms with van der Waals surface area (Å²) >= 11 is 6.56. The fraction of sp³-hybridized carbons (Fsp3) is 0.179. The number of anilines is 1. The summed E-state index contributed by atoms with van der Waals surface area (Å²) in [7, 11) is -4.25. The normalized spacial score (nSPS) is 11.7. The molecule has 0 spiro atoms. The van der Waals surface area contributed by atoms with Crippen LogP contribution >= 0.6 is 11.6 Å². The van der Waals surface area contributed by atoms with Gasteiger partial charge in [0, 0.05) is 24.5 Å². The van der Waals surface area contributed by atoms with Gasteiger partial charge in [-0.3, -0.25) is 13.9 Å². The molecule has 0 aliphatic carbocycles. The summed E-state index contributed by atoms with van der Waals surface area (Å²) in [6.45, 7) is 3.42. The van der Waals surface area contributed by atoms with Crippen LogP contribution in [0.5, 0.6) is 11.5 Å². The van der Waals surface area contributed by atoms with Crippen molar-refractivity contribution in [1.29, 1.82) is 0 Å². The van der Waals surface area contributed by atoms with Crippen molar-refractivity contribution in [2.75, 3.05) is 17.4 Å². The molecule has 1 atom stereocenters. The third-order valence-electron chi connectivity index (χ3n) is 7.91. The topological polar surface area (TPSA) is 96.0 Å². The molecular formula is C39H38ClN3O5S. The van der Waals surface area contributed by atoms with E-state index in [-0.39, 0.29) is 29.5 Å². The Labute approximate surface area is 293 Å². The van der Waals surface area contributed by atoms with Gasteiger partial charge in [0.15, 0.2) is 0 Å². The zero-order valence-electron chi connectivity index (χ0n) is 27.3. The molecule has 0 aromatic heterocycles. The maximum atomic E-state index is 14.6. The molecule has 0 aliphatic rings. The predicted octanol–water partition coefficient (Wildman–Crippen LogP) is 7.41. The molecule has 49 heavy (non-hydrogen) atoms. The summed E-state index contributed by atoms with van der Waals surface area (Å²) in [6, 6.07) is 37.7. The van der Waals surface area contributed by atoms with E-state index in [0.29, 0.717) is 28.6 Å². The molecule has 0 heterocycles. The Morgan fingerprint density at radius 2 is 1.37 bits per heavy atom. The lowest BCUT2D eigenvalue weighted by Gasteiger charge is -2.34. The Hall–Kier alpha value is -5.12. The number of para-hydroxylation sites is 1. The standard InChI is InChI=1S/C39H38ClN3O5S/c1-3-41-39(45)37(26-30-12-6-4-7-13-30)42(27-31-14-10-11-17-36(31)40)38(44)28-43(49(46,47)35-24-18-29(2)19-25-35)32-20-22-34(23-21-32)48-33-15-8-5-9-16-33/h4-25,37H,3,26-28H2,1-2H3,(H,41,45). The van der Waals surface area contributed by atoms with Crippen molar-refractivity contribution < 1.29 is 22.7 Å². The van der Waals surface area contributed by atoms with Crippen LogP contribution in [-0.2, 0) is 32.6 Å². The van der Waals surface area contributed by atoms with Crippen LogP contribution in [0.3, 0.4) is 0 Å². The van der Waals surface area contributed by atoms with Crippen LogP contribution in [0.1, 0.15) is 23.6 Å². The van der Waals surface area contributed by atoms with Crippen LogP contribution in [0.25, 0.3) is 0 Å². The van der Waals surface area contributed by atoms with Gasteiger partial charge in [-0.2, -0.15) is 0 Å². The first-order valence-electron chi connectivity index (χ1n) is 15.9. The summed E-state index contributed by atoms with van der Waals surface area (Å²) in [5.41, 5.74) is 2.61. The van der Waals surface area contributed by atoms with Crippen LogP contribution in [0.2, 0.25) is 5.02 Å². The van der Waals surface area contributed by atoms with Gasteiger partial charge in [-0.25, -0.2) is 8.42 Å². The molecule has 5 aromatic carbocycles. The van der Waals surface area contributed by atoms with Gasteiger partial charge in [-0.15, -0.1) is 0 Å². The summed E-state index contributed by atoms with van der Waals surface area (Å²) < 4.78 is 35.6. The van der Waals surface area contributed by atoms with Gasteiger partial charge in [0.25, 0.3) is 10.0 Å². The number of nitrogens with one attached hydrogen (secondary N) is 1. The largest absolute Gasteiger partial charge is 0.457 e. The van der Waals surface area contributed by atoms with E-state index < -0.39 is 28.5 Å². The number of nitrogens with zero attached hydrogens (tertiary/aromatic N) is 2. The molecule has 1 unspecified atom stereocenters. The Kier molecular flexibility index (Phi) is 11.7. The van der Waals surface area contributed by atoms with Gasteiger partial charge in [0.1, 0.15) is 24.1 Å². The van der Waals surface area contributed by atoms with Crippen molar-refractivity contribution in [2.45, 2.75) is 37.8 Å². The highest BCUT2D eigenvalue weighted by Crippen LogP contribution is 2.29. The lowest BCUT2D eigenvalue weighted by atomic mass is 10.0. The molecule has 5 rings (SSSR count). The molecular weight excluding hydrogens is 658 g/mol. The first-order valence-corrected chi connectivity index (χ1v) is 17.7. The monoisotopic (exact) mass is 695 g/mol. The number of amides is 2. The summed E-state index contributed by atoms with van der Waals surface area (Å²) in [5, 5.41) is 3.29. The number of hydrogen-bond acceptors (Lipinski definition) is 5. The van der Waals surface area contributed by atoms with Crippen molar-refractivity contribution in [3.63, 3.8) is 0 Å². The van der Waals surface area contributed by atoms with Gasteiger partial charge in [0.2, 0.25) is 11.8 Å². The van der Waals surface area contributed by atoms with E-state index >= 15 is 0 Å². The molecule has 8 nitrogen and oxygen atoms in total. The summed E-state index contributed by atoms with van der Waals surface area (Å²) in [5.74, 6) is 0.183. The van der Waals surface area contributed by atoms with Gasteiger partial charge >= 0.3 is 0 Å². The van der Waals surface area contributed by atoms with E-state index in [0.717, 1.165) is 15.4 Å². The fourth-order valence-electron chi connectivity index (χ4n) is 5.33. The maximum absolute atomic E-state index is 14.6. The molecule has 2 amide bonds. The number of likely N-dealkylation sites (N-methyl/N-ethyl adjacent to an activating group) is 1. The Balaban J connectivity index is 1.56. The number of ether oxygens (including phenoxy) is 1. The van der Waals surface area contributed by atoms with E-state index in [2.05, 4.69) is 5.32 Å². The highest BCUT2D eigenvalue weighted by Gasteiger charge is 2.34. The minimum Gasteiger partial charge on any atom is -0.457 e. The van der Waals surface area contributed by atoms with Crippen LogP contribution in [0.15, 0.2) is 138 Å². The van der Waals surface area contributed by atoms with Crippen molar-refractivity contribution in [2.24, 2.45) is 0 Å².